The zero-order valence-corrected chi connectivity index (χ0v) is 17.8. The molecule has 28 heavy (non-hydrogen) atoms. The van der Waals surface area contributed by atoms with Crippen LogP contribution in [-0.4, -0.2) is 5.11 Å². The van der Waals surface area contributed by atoms with E-state index in [0.717, 1.165) is 34.8 Å². The molecule has 1 heteroatoms. The van der Waals surface area contributed by atoms with E-state index in [0.29, 0.717) is 5.75 Å². The van der Waals surface area contributed by atoms with E-state index < -0.39 is 0 Å². The van der Waals surface area contributed by atoms with E-state index in [2.05, 4.69) is 34.6 Å². The minimum Gasteiger partial charge on any atom is -0.507 e. The first-order chi connectivity index (χ1) is 12.4. The van der Waals surface area contributed by atoms with E-state index in [1.165, 1.54) is 80.9 Å². The summed E-state index contributed by atoms with van der Waals surface area (Å²) < 4.78 is 0. The third-order valence-corrected chi connectivity index (χ3v) is 8.00. The molecule has 0 bridgehead atoms. The van der Waals surface area contributed by atoms with Crippen molar-refractivity contribution in [2.75, 3.05) is 0 Å². The Kier molecular flexibility index (Phi) is 9.57. The Hall–Kier alpha value is -0.980. The largest absolute Gasteiger partial charge is 0.507 e. The maximum Gasteiger partial charge on any atom is 0.121 e. The molecule has 0 aliphatic heterocycles. The second-order valence-corrected chi connectivity index (χ2v) is 9.78. The number of aromatic hydroxyl groups is 1. The molecule has 0 atom stereocenters. The summed E-state index contributed by atoms with van der Waals surface area (Å²) in [6.45, 7) is 11.0. The lowest BCUT2D eigenvalue weighted by molar-refractivity contribution is 0.195. The van der Waals surface area contributed by atoms with Gasteiger partial charge in [-0.3, -0.25) is 0 Å². The predicted octanol–water partition coefficient (Wildman–Crippen LogP) is 8.46. The summed E-state index contributed by atoms with van der Waals surface area (Å²) in [6.07, 6.45) is 14.4. The van der Waals surface area contributed by atoms with Crippen LogP contribution in [-0.2, 0) is 6.42 Å². The predicted molar refractivity (Wildman–Crippen MR) is 125 cm³/mol. The normalized spacial score (nSPS) is 27.6. The van der Waals surface area contributed by atoms with Crippen LogP contribution >= 0.6 is 0 Å². The number of benzene rings is 1. The molecule has 3 rings (SSSR count). The minimum absolute atomic E-state index is 0. The monoisotopic (exact) mass is 388 g/mol. The molecule has 0 aromatic heterocycles. The maximum atomic E-state index is 10.3. The molecule has 1 nitrogen and oxygen atoms in total. The first kappa shape index (κ1) is 25.1. The molecule has 2 saturated carbocycles. The average molecular weight is 389 g/mol. The number of hydrogen-bond donors (Lipinski definition) is 1. The summed E-state index contributed by atoms with van der Waals surface area (Å²) >= 11 is 0. The molecule has 0 spiro atoms. The van der Waals surface area contributed by atoms with Crippen LogP contribution in [0.4, 0.5) is 0 Å². The summed E-state index contributed by atoms with van der Waals surface area (Å²) in [7, 11) is 0. The Balaban J connectivity index is 0.00000196. The van der Waals surface area contributed by atoms with Gasteiger partial charge in [0, 0.05) is 0 Å². The van der Waals surface area contributed by atoms with Gasteiger partial charge in [-0.1, -0.05) is 60.3 Å². The highest BCUT2D eigenvalue weighted by Gasteiger charge is 2.27. The maximum absolute atomic E-state index is 10.3. The molecule has 0 unspecified atom stereocenters. The zero-order chi connectivity index (χ0) is 18.8. The van der Waals surface area contributed by atoms with Crippen LogP contribution < -0.4 is 0 Å². The van der Waals surface area contributed by atoms with Crippen LogP contribution in [0.5, 0.6) is 5.75 Å². The highest BCUT2D eigenvalue weighted by atomic mass is 16.3. The molecule has 162 valence electrons. The van der Waals surface area contributed by atoms with Crippen molar-refractivity contribution in [3.8, 4) is 5.75 Å². The molecule has 1 aromatic carbocycles. The number of hydrogen-bond acceptors (Lipinski definition) is 1. The van der Waals surface area contributed by atoms with Gasteiger partial charge in [0.1, 0.15) is 5.75 Å². The fourth-order valence-corrected chi connectivity index (χ4v) is 5.67. The molecule has 2 fully saturated rings. The summed E-state index contributed by atoms with van der Waals surface area (Å²) in [5.74, 6) is 4.35. The third-order valence-electron chi connectivity index (χ3n) is 8.00. The molecule has 1 N–H and O–H groups in total. The first-order valence-corrected chi connectivity index (χ1v) is 11.1. The Morgan fingerprint density at radius 2 is 1.04 bits per heavy atom. The SMILES string of the molecule is C.C.Cc1c(C)c(CC2CCC(CC3CCC(C)CC3)CC2)c(C)c(C)c1O. The minimum atomic E-state index is 0. The quantitative estimate of drug-likeness (QED) is 0.548. The van der Waals surface area contributed by atoms with Crippen LogP contribution in [0.1, 0.15) is 107 Å². The lowest BCUT2D eigenvalue weighted by atomic mass is 9.72. The standard InChI is InChI=1S/C25H40O.2CH4/c1-16-6-8-21(9-7-16)14-22-10-12-23(13-11-22)15-24-17(2)19(4)25(26)20(5)18(24)3;;/h16,21-23,26H,6-15H2,1-5H3;2*1H4. The first-order valence-electron chi connectivity index (χ1n) is 11.1. The van der Waals surface area contributed by atoms with Gasteiger partial charge in [-0.15, -0.1) is 0 Å². The number of rotatable bonds is 4. The molecule has 2 aliphatic rings. The summed E-state index contributed by atoms with van der Waals surface area (Å²) in [6, 6.07) is 0. The van der Waals surface area contributed by atoms with Gasteiger partial charge in [0.05, 0.1) is 0 Å². The van der Waals surface area contributed by atoms with E-state index in [-0.39, 0.29) is 14.9 Å². The van der Waals surface area contributed by atoms with E-state index in [9.17, 15) is 5.11 Å². The van der Waals surface area contributed by atoms with Crippen molar-refractivity contribution < 1.29 is 5.11 Å². The fourth-order valence-electron chi connectivity index (χ4n) is 5.67. The van der Waals surface area contributed by atoms with E-state index in [1.54, 1.807) is 0 Å². The van der Waals surface area contributed by atoms with Gasteiger partial charge in [-0.05, 0) is 105 Å². The second-order valence-electron chi connectivity index (χ2n) is 9.78. The van der Waals surface area contributed by atoms with Crippen molar-refractivity contribution in [1.82, 2.24) is 0 Å². The van der Waals surface area contributed by atoms with Gasteiger partial charge in [0.25, 0.3) is 0 Å². The molecule has 0 amide bonds. The lowest BCUT2D eigenvalue weighted by Crippen LogP contribution is -2.21. The molecule has 1 aromatic rings. The van der Waals surface area contributed by atoms with Crippen LogP contribution in [0.2, 0.25) is 0 Å². The molecular formula is C27H48O. The average Bonchev–Trinajstić information content (AvgIpc) is 2.65. The summed E-state index contributed by atoms with van der Waals surface area (Å²) in [5.41, 5.74) is 6.34. The number of phenols is 1. The second kappa shape index (κ2) is 10.7. The van der Waals surface area contributed by atoms with Crippen LogP contribution in [0.25, 0.3) is 0 Å². The highest BCUT2D eigenvalue weighted by molar-refractivity contribution is 5.53. The lowest BCUT2D eigenvalue weighted by Gasteiger charge is -2.34. The van der Waals surface area contributed by atoms with Crippen molar-refractivity contribution >= 4 is 0 Å². The number of phenolic OH excluding ortho intramolecular Hbond substituents is 1. The fraction of sp³-hybridized carbons (Fsp3) is 0.778. The summed E-state index contributed by atoms with van der Waals surface area (Å²) in [5, 5.41) is 10.3. The Labute approximate surface area is 176 Å². The third kappa shape index (κ3) is 5.55. The van der Waals surface area contributed by atoms with E-state index >= 15 is 0 Å². The van der Waals surface area contributed by atoms with E-state index in [1.807, 2.05) is 0 Å². The Bertz CT molecular complexity index is 585. The van der Waals surface area contributed by atoms with Crippen LogP contribution in [0.3, 0.4) is 0 Å². The van der Waals surface area contributed by atoms with Gasteiger partial charge in [-0.25, -0.2) is 0 Å². The molecule has 2 aliphatic carbocycles. The Morgan fingerprint density at radius 1 is 0.643 bits per heavy atom. The van der Waals surface area contributed by atoms with Crippen molar-refractivity contribution in [2.45, 2.75) is 114 Å². The highest BCUT2D eigenvalue weighted by Crippen LogP contribution is 2.40. The smallest absolute Gasteiger partial charge is 0.121 e. The van der Waals surface area contributed by atoms with Gasteiger partial charge < -0.3 is 5.11 Å². The Morgan fingerprint density at radius 3 is 1.50 bits per heavy atom. The van der Waals surface area contributed by atoms with Crippen LogP contribution in [0.15, 0.2) is 0 Å². The van der Waals surface area contributed by atoms with Crippen molar-refractivity contribution in [3.63, 3.8) is 0 Å². The van der Waals surface area contributed by atoms with E-state index in [4.69, 9.17) is 0 Å². The van der Waals surface area contributed by atoms with Gasteiger partial charge >= 0.3 is 0 Å². The van der Waals surface area contributed by atoms with Gasteiger partial charge in [0.2, 0.25) is 0 Å². The van der Waals surface area contributed by atoms with Gasteiger partial charge in [-0.2, -0.15) is 0 Å². The summed E-state index contributed by atoms with van der Waals surface area (Å²) in [4.78, 5) is 0. The van der Waals surface area contributed by atoms with Crippen molar-refractivity contribution in [1.29, 1.82) is 0 Å². The van der Waals surface area contributed by atoms with Crippen molar-refractivity contribution in [2.24, 2.45) is 23.7 Å². The van der Waals surface area contributed by atoms with Crippen molar-refractivity contribution in [3.05, 3.63) is 27.8 Å². The molecular weight excluding hydrogens is 340 g/mol. The topological polar surface area (TPSA) is 20.2 Å². The molecule has 0 radical (unpaired) electrons. The molecule has 0 heterocycles. The van der Waals surface area contributed by atoms with Gasteiger partial charge in [0.15, 0.2) is 0 Å². The zero-order valence-electron chi connectivity index (χ0n) is 17.8. The van der Waals surface area contributed by atoms with Crippen LogP contribution in [0, 0.1) is 51.4 Å². The molecule has 0 saturated heterocycles.